The van der Waals surface area contributed by atoms with Crippen molar-refractivity contribution < 1.29 is 66.8 Å². The Bertz CT molecular complexity index is 2280. The largest absolute Gasteiger partial charge is 0.184 e. The molecule has 0 amide bonds. The number of fused-ring (bicyclic) bond motifs is 2. The van der Waals surface area contributed by atoms with Gasteiger partial charge in [0, 0.05) is 66.8 Å². The predicted octanol–water partition coefficient (Wildman–Crippen LogP) is 24.9. The van der Waals surface area contributed by atoms with E-state index in [1.165, 1.54) is 91.2 Å². The van der Waals surface area contributed by atoms with Crippen LogP contribution in [0.15, 0.2) is 176 Å². The van der Waals surface area contributed by atoms with Crippen molar-refractivity contribution in [2.45, 2.75) is 199 Å². The van der Waals surface area contributed by atoms with E-state index in [9.17, 15) is 0 Å². The van der Waals surface area contributed by atoms with E-state index >= 15 is 0 Å². The van der Waals surface area contributed by atoms with E-state index in [0.29, 0.717) is 0 Å². The molecule has 428 valence electrons. The summed E-state index contributed by atoms with van der Waals surface area (Å²) in [5.41, 5.74) is 17.7. The van der Waals surface area contributed by atoms with Gasteiger partial charge in [-0.05, 0) is 107 Å². The average molecular weight is 1210 g/mol. The fourth-order valence-corrected chi connectivity index (χ4v) is 6.62. The van der Waals surface area contributed by atoms with Crippen molar-refractivity contribution in [1.29, 1.82) is 0 Å². The first-order valence-corrected chi connectivity index (χ1v) is 29.4. The summed E-state index contributed by atoms with van der Waals surface area (Å²) in [6, 6.07) is 67.4. The molecular weight excluding hydrogens is 1090 g/mol. The van der Waals surface area contributed by atoms with Gasteiger partial charge in [-0.3, -0.25) is 0 Å². The third kappa shape index (κ3) is 45.0. The third-order valence-electron chi connectivity index (χ3n) is 10.4. The summed E-state index contributed by atoms with van der Waals surface area (Å²) in [5.74, 6) is 0.889. The first-order valence-electron chi connectivity index (χ1n) is 29.4. The van der Waals surface area contributed by atoms with Crippen LogP contribution in [0.3, 0.4) is 0 Å². The maximum Gasteiger partial charge on any atom is 0 e. The fourth-order valence-electron chi connectivity index (χ4n) is 6.62. The second-order valence-corrected chi connectivity index (χ2v) is 16.5. The summed E-state index contributed by atoms with van der Waals surface area (Å²) in [6.45, 7) is 53.3. The van der Waals surface area contributed by atoms with Gasteiger partial charge >= 0.3 is 0 Å². The molecule has 0 heterocycles. The zero-order chi connectivity index (χ0) is 59.3. The van der Waals surface area contributed by atoms with E-state index in [2.05, 4.69) is 209 Å². The molecule has 8 aromatic rings. The first-order chi connectivity index (χ1) is 36.8. The second-order valence-electron chi connectivity index (χ2n) is 16.5. The minimum absolute atomic E-state index is 0. The Balaban J connectivity index is -0.000000122. The average Bonchev–Trinajstić information content (AvgIpc) is 3.48. The number of benzene rings is 8. The number of hydrogen-bond donors (Lipinski definition) is 0. The molecule has 78 heavy (non-hydrogen) atoms. The van der Waals surface area contributed by atoms with Crippen LogP contribution in [-0.2, 0) is 78.3 Å². The van der Waals surface area contributed by atoms with E-state index in [-0.39, 0.29) is 66.8 Å². The molecule has 0 bridgehead atoms. The van der Waals surface area contributed by atoms with Gasteiger partial charge in [0.05, 0.1) is 0 Å². The zero-order valence-corrected chi connectivity index (χ0v) is 60.8. The Morgan fingerprint density at radius 3 is 0.821 bits per heavy atom. The molecule has 1 aliphatic rings. The van der Waals surface area contributed by atoms with Crippen molar-refractivity contribution in [3.05, 3.63) is 249 Å². The Hall–Kier alpha value is -3.77. The molecule has 0 saturated carbocycles. The van der Waals surface area contributed by atoms with Gasteiger partial charge in [-0.2, -0.15) is 71.8 Å². The Kier molecular flexibility index (Phi) is 70.5. The maximum atomic E-state index is 2.93. The van der Waals surface area contributed by atoms with Gasteiger partial charge < -0.3 is 0 Å². The predicted molar refractivity (Wildman–Crippen MR) is 356 cm³/mol. The minimum Gasteiger partial charge on any atom is -0.184 e. The Morgan fingerprint density at radius 1 is 0.295 bits per heavy atom. The number of hydrogen-bond acceptors (Lipinski definition) is 0. The van der Waals surface area contributed by atoms with Crippen LogP contribution >= 0.6 is 0 Å². The van der Waals surface area contributed by atoms with Gasteiger partial charge in [-0.25, -0.2) is 0 Å². The quantitative estimate of drug-likeness (QED) is 0.144. The summed E-state index contributed by atoms with van der Waals surface area (Å²) < 4.78 is 0. The van der Waals surface area contributed by atoms with Gasteiger partial charge in [0.25, 0.3) is 0 Å². The molecule has 0 N–H and O–H groups in total. The standard InChI is InChI=1S/C14H14.C12H16.C12H12.C8H10.2C7H7.8C2H6.2Y.H2/c1-11-3-7-13(8-4-11)14-9-5-12(2)6-10-14;2*1-9-3-5-12-8-10(2)4-6-11(12)7-9;1-7-3-5-8(2)6-4-7;2*1-7-5-3-2-4-6-7;8*1-2;;;/h3-10H,1-2H3;3,5,7,10H,4,6,8H2,1-2H3;3-8H,1-2H3;3-6H,1-2H3;2*3-6H,1H3;8*1-2H3;;;1H/q;;;;2*-1;;;;;;;;;;;. The summed E-state index contributed by atoms with van der Waals surface area (Å²) in [5, 5.41) is 2.67. The van der Waals surface area contributed by atoms with Crippen LogP contribution in [0.4, 0.5) is 0 Å². The maximum absolute atomic E-state index is 2.93. The third-order valence-corrected chi connectivity index (χ3v) is 10.4. The molecular formula is C76H116Y2-2. The van der Waals surface area contributed by atoms with E-state index in [4.69, 9.17) is 0 Å². The number of rotatable bonds is 1. The van der Waals surface area contributed by atoms with E-state index in [1.54, 1.807) is 11.1 Å². The van der Waals surface area contributed by atoms with E-state index in [1.807, 2.05) is 159 Å². The monoisotopic (exact) mass is 1210 g/mol. The van der Waals surface area contributed by atoms with Gasteiger partial charge in [0.2, 0.25) is 0 Å². The normalized spacial score (nSPS) is 9.95. The molecule has 0 nitrogen and oxygen atoms in total. The van der Waals surface area contributed by atoms with Crippen LogP contribution in [0.5, 0.6) is 0 Å². The van der Waals surface area contributed by atoms with Crippen LogP contribution in [0, 0.1) is 80.4 Å². The molecule has 2 radical (unpaired) electrons. The van der Waals surface area contributed by atoms with Crippen LogP contribution < -0.4 is 0 Å². The molecule has 0 aliphatic heterocycles. The summed E-state index contributed by atoms with van der Waals surface area (Å²) >= 11 is 0. The van der Waals surface area contributed by atoms with Crippen molar-refractivity contribution in [3.63, 3.8) is 0 Å². The molecule has 9 rings (SSSR count). The SMILES string of the molecule is CC.CC.CC.CC.CC.CC.CC.CC.Cc1cc[c-]cc1.Cc1cc[c-]cc1.Cc1ccc(-c2ccc(C)cc2)cc1.Cc1ccc(C)cc1.Cc1ccc2c(c1)CCC(C)C2.Cc1ccc2cc(C)ccc2c1.[HH].[Y].[Y]. The Morgan fingerprint density at radius 2 is 0.538 bits per heavy atom. The van der Waals surface area contributed by atoms with Gasteiger partial charge in [-0.15, -0.1) is 0 Å². The van der Waals surface area contributed by atoms with Crippen molar-refractivity contribution in [2.75, 3.05) is 0 Å². The van der Waals surface area contributed by atoms with Gasteiger partial charge in [-0.1, -0.05) is 298 Å². The van der Waals surface area contributed by atoms with E-state index < -0.39 is 0 Å². The van der Waals surface area contributed by atoms with Crippen molar-refractivity contribution >= 4 is 10.8 Å². The summed E-state index contributed by atoms with van der Waals surface area (Å²) in [6.07, 6.45) is 3.95. The molecule has 8 aromatic carbocycles. The summed E-state index contributed by atoms with van der Waals surface area (Å²) in [4.78, 5) is 0. The molecule has 1 atom stereocenters. The van der Waals surface area contributed by atoms with Gasteiger partial charge in [0.15, 0.2) is 0 Å². The molecule has 2 heteroatoms. The second kappa shape index (κ2) is 62.4. The number of aryl methyl sites for hydroxylation is 10. The van der Waals surface area contributed by atoms with Crippen LogP contribution in [0.2, 0.25) is 0 Å². The van der Waals surface area contributed by atoms with Crippen LogP contribution in [0.25, 0.3) is 21.9 Å². The van der Waals surface area contributed by atoms with Gasteiger partial charge in [0.1, 0.15) is 0 Å². The van der Waals surface area contributed by atoms with Crippen LogP contribution in [0.1, 0.15) is 187 Å². The smallest absolute Gasteiger partial charge is 0 e. The Labute approximate surface area is 538 Å². The topological polar surface area (TPSA) is 0 Å². The molecule has 0 spiro atoms. The van der Waals surface area contributed by atoms with Crippen molar-refractivity contribution in [1.82, 2.24) is 0 Å². The van der Waals surface area contributed by atoms with Crippen LogP contribution in [-0.4, -0.2) is 0 Å². The summed E-state index contributed by atoms with van der Waals surface area (Å²) in [7, 11) is 0. The zero-order valence-electron chi connectivity index (χ0n) is 55.1. The van der Waals surface area contributed by atoms with E-state index in [0.717, 1.165) is 5.92 Å². The minimum atomic E-state index is 0. The molecule has 0 aromatic heterocycles. The van der Waals surface area contributed by atoms with Crippen molar-refractivity contribution in [2.24, 2.45) is 5.92 Å². The molecule has 0 saturated heterocycles. The molecule has 1 aliphatic carbocycles. The molecule has 0 fully saturated rings. The van der Waals surface area contributed by atoms with Crippen molar-refractivity contribution in [3.8, 4) is 11.1 Å². The first kappa shape index (κ1) is 88.1. The molecule has 1 unspecified atom stereocenters. The fraction of sp³-hybridized carbons (Fsp3) is 0.395.